The first-order valence-electron chi connectivity index (χ1n) is 13.1. The van der Waals surface area contributed by atoms with E-state index in [-0.39, 0.29) is 18.8 Å². The molecule has 0 unspecified atom stereocenters. The molecular formula is C29H35ClN4O8. The van der Waals surface area contributed by atoms with Crippen LogP contribution in [0.5, 0.6) is 23.0 Å². The van der Waals surface area contributed by atoms with Gasteiger partial charge in [-0.15, -0.1) is 0 Å². The maximum atomic E-state index is 12.4. The Labute approximate surface area is 249 Å². The quantitative estimate of drug-likeness (QED) is 0.0784. The van der Waals surface area contributed by atoms with Gasteiger partial charge in [0.15, 0.2) is 29.2 Å². The van der Waals surface area contributed by atoms with Gasteiger partial charge in [0.25, 0.3) is 0 Å². The van der Waals surface area contributed by atoms with E-state index in [1.807, 2.05) is 6.92 Å². The van der Waals surface area contributed by atoms with Crippen LogP contribution in [-0.4, -0.2) is 63.1 Å². The van der Waals surface area contributed by atoms with Gasteiger partial charge < -0.3 is 39.4 Å². The molecule has 2 aromatic rings. The number of amides is 2. The fraction of sp³-hybridized carbons (Fsp3) is 0.345. The molecule has 2 aromatic carbocycles. The number of nitrogens with zero attached hydrogens (tertiary/aromatic N) is 1. The second-order valence-corrected chi connectivity index (χ2v) is 9.18. The van der Waals surface area contributed by atoms with Crippen molar-refractivity contribution < 1.29 is 38.4 Å². The van der Waals surface area contributed by atoms with Crippen LogP contribution in [0.25, 0.3) is 0 Å². The Morgan fingerprint density at radius 2 is 1.88 bits per heavy atom. The third-order valence-electron chi connectivity index (χ3n) is 5.79. The van der Waals surface area contributed by atoms with Crippen LogP contribution in [0.3, 0.4) is 0 Å². The second-order valence-electron chi connectivity index (χ2n) is 8.78. The van der Waals surface area contributed by atoms with Crippen molar-refractivity contribution >= 4 is 29.8 Å². The molecule has 0 spiro atoms. The van der Waals surface area contributed by atoms with Gasteiger partial charge in [0.2, 0.25) is 0 Å². The smallest absolute Gasteiger partial charge is 0.337 e. The molecule has 0 bridgehead atoms. The van der Waals surface area contributed by atoms with Crippen molar-refractivity contribution in [1.82, 2.24) is 16.1 Å². The molecule has 226 valence electrons. The van der Waals surface area contributed by atoms with Gasteiger partial charge in [-0.05, 0) is 56.2 Å². The lowest BCUT2D eigenvalue weighted by Crippen LogP contribution is -2.45. The summed E-state index contributed by atoms with van der Waals surface area (Å²) in [6.45, 7) is 9.74. The maximum absolute atomic E-state index is 12.4. The highest BCUT2D eigenvalue weighted by Crippen LogP contribution is 2.37. The third kappa shape index (κ3) is 8.30. The van der Waals surface area contributed by atoms with Gasteiger partial charge in [0.05, 0.1) is 43.2 Å². The predicted octanol–water partition coefficient (Wildman–Crippen LogP) is 3.82. The lowest BCUT2D eigenvalue weighted by Gasteiger charge is -2.28. The number of hydrogen-bond acceptors (Lipinski definition) is 10. The predicted molar refractivity (Wildman–Crippen MR) is 157 cm³/mol. The first kappa shape index (κ1) is 32.1. The molecular weight excluding hydrogens is 568 g/mol. The summed E-state index contributed by atoms with van der Waals surface area (Å²) in [5.74, 6) is 0.985. The van der Waals surface area contributed by atoms with Gasteiger partial charge >= 0.3 is 12.0 Å². The van der Waals surface area contributed by atoms with Crippen LogP contribution in [0.15, 0.2) is 59.4 Å². The van der Waals surface area contributed by atoms with Gasteiger partial charge in [-0.2, -0.15) is 5.10 Å². The van der Waals surface area contributed by atoms with Crippen LogP contribution >= 0.6 is 11.6 Å². The van der Waals surface area contributed by atoms with E-state index in [1.165, 1.54) is 13.3 Å². The number of rotatable bonds is 15. The summed E-state index contributed by atoms with van der Waals surface area (Å²) in [4.78, 5) is 24.5. The molecule has 0 radical (unpaired) electrons. The van der Waals surface area contributed by atoms with Crippen LogP contribution in [-0.2, 0) is 9.53 Å². The van der Waals surface area contributed by atoms with Gasteiger partial charge in [0.1, 0.15) is 13.2 Å². The summed E-state index contributed by atoms with van der Waals surface area (Å²) in [6.07, 6.45) is 1.90. The average molecular weight is 603 g/mol. The number of benzene rings is 2. The highest BCUT2D eigenvalue weighted by molar-refractivity contribution is 6.32. The fourth-order valence-corrected chi connectivity index (χ4v) is 4.30. The monoisotopic (exact) mass is 602 g/mol. The highest BCUT2D eigenvalue weighted by Gasteiger charge is 2.32. The van der Waals surface area contributed by atoms with E-state index in [2.05, 4.69) is 27.7 Å². The topological polar surface area (TPSA) is 149 Å². The largest absolute Gasteiger partial charge is 0.490 e. The number of ether oxygens (including phenoxy) is 5. The summed E-state index contributed by atoms with van der Waals surface area (Å²) in [5.41, 5.74) is 4.43. The van der Waals surface area contributed by atoms with E-state index >= 15 is 0 Å². The molecule has 2 amide bonds. The molecule has 1 heterocycles. The van der Waals surface area contributed by atoms with Crippen molar-refractivity contribution in [3.05, 3.63) is 70.4 Å². The molecule has 42 heavy (non-hydrogen) atoms. The van der Waals surface area contributed by atoms with Gasteiger partial charge in [-0.1, -0.05) is 30.3 Å². The molecule has 0 fully saturated rings. The van der Waals surface area contributed by atoms with E-state index in [1.54, 1.807) is 50.3 Å². The summed E-state index contributed by atoms with van der Waals surface area (Å²) in [5, 5.41) is 20.1. The Bertz CT molecular complexity index is 1350. The Hall–Kier alpha value is -4.42. The van der Waals surface area contributed by atoms with Crippen LogP contribution in [0.4, 0.5) is 4.79 Å². The van der Waals surface area contributed by atoms with E-state index in [0.29, 0.717) is 58.1 Å². The van der Waals surface area contributed by atoms with E-state index in [9.17, 15) is 14.7 Å². The van der Waals surface area contributed by atoms with Gasteiger partial charge in [0, 0.05) is 5.70 Å². The molecule has 1 aliphatic heterocycles. The van der Waals surface area contributed by atoms with Crippen molar-refractivity contribution in [3.8, 4) is 23.0 Å². The number of aliphatic hydroxyl groups excluding tert-OH is 1. The molecule has 0 aromatic heterocycles. The van der Waals surface area contributed by atoms with Crippen molar-refractivity contribution in [2.45, 2.75) is 33.0 Å². The lowest BCUT2D eigenvalue weighted by atomic mass is 9.95. The number of carbonyl (C=O) groups excluding carboxylic acids is 2. The molecule has 1 aliphatic rings. The summed E-state index contributed by atoms with van der Waals surface area (Å²) in [7, 11) is 1.27. The number of aliphatic hydroxyl groups is 1. The van der Waals surface area contributed by atoms with Gasteiger partial charge in [-0.25, -0.2) is 9.59 Å². The number of esters is 1. The Morgan fingerprint density at radius 3 is 2.57 bits per heavy atom. The van der Waals surface area contributed by atoms with Crippen molar-refractivity contribution in [2.24, 2.45) is 5.10 Å². The summed E-state index contributed by atoms with van der Waals surface area (Å²) < 4.78 is 27.6. The Kier molecular flexibility index (Phi) is 11.9. The zero-order valence-electron chi connectivity index (χ0n) is 23.9. The number of methoxy groups -OCH3 is 1. The molecule has 4 N–H and O–H groups in total. The first-order valence-corrected chi connectivity index (χ1v) is 13.5. The summed E-state index contributed by atoms with van der Waals surface area (Å²) in [6, 6.07) is 7.12. The van der Waals surface area contributed by atoms with E-state index in [0.717, 1.165) is 0 Å². The maximum Gasteiger partial charge on any atom is 0.337 e. The lowest BCUT2D eigenvalue weighted by molar-refractivity contribution is -0.136. The highest BCUT2D eigenvalue weighted by atomic mass is 35.5. The van der Waals surface area contributed by atoms with Crippen LogP contribution in [0.2, 0.25) is 5.02 Å². The number of halogens is 1. The first-order chi connectivity index (χ1) is 20.2. The number of hydrogen-bond donors (Lipinski definition) is 4. The number of carbonyl (C=O) groups is 2. The number of urea groups is 1. The second kappa shape index (κ2) is 15.5. The molecule has 0 saturated carbocycles. The molecule has 13 heteroatoms. The minimum atomic E-state index is -1.17. The van der Waals surface area contributed by atoms with E-state index in [4.69, 9.17) is 35.3 Å². The molecule has 2 atom stereocenters. The SMILES string of the molecule is C=CCOc1c(Cl)cc(/C=N\N[C@@H](O)COc2ccc([C@H]3NC(=O)NC(C)=C3C(=O)OC)cc2OCC)cc1OCC. The average Bonchev–Trinajstić information content (AvgIpc) is 2.95. The summed E-state index contributed by atoms with van der Waals surface area (Å²) >= 11 is 6.36. The van der Waals surface area contributed by atoms with Crippen LogP contribution in [0, 0.1) is 0 Å². The minimum Gasteiger partial charge on any atom is -0.490 e. The van der Waals surface area contributed by atoms with Crippen LogP contribution < -0.4 is 35.0 Å². The standard InChI is InChI=1S/C29H35ClN4O8/c1-6-11-41-27-20(30)12-18(13-23(27)40-8-3)15-31-34-24(35)16-42-21-10-9-19(14-22(21)39-7-2)26-25(28(36)38-5)17(4)32-29(37)33-26/h6,9-10,12-15,24,26,34-35H,1,7-8,11,16H2,2-5H3,(H2,32,33,37)/b31-15-/t24-,26+/m0/s1. The molecule has 12 nitrogen and oxygen atoms in total. The number of nitrogens with one attached hydrogen (secondary N) is 3. The number of allylic oxidation sites excluding steroid dienone is 1. The molecule has 0 saturated heterocycles. The third-order valence-corrected chi connectivity index (χ3v) is 6.07. The van der Waals surface area contributed by atoms with Crippen LogP contribution in [0.1, 0.15) is 37.9 Å². The molecule has 0 aliphatic carbocycles. The Balaban J connectivity index is 1.69. The fourth-order valence-electron chi connectivity index (χ4n) is 4.03. The number of hydrazone groups is 1. The zero-order valence-corrected chi connectivity index (χ0v) is 24.6. The van der Waals surface area contributed by atoms with Crippen molar-refractivity contribution in [2.75, 3.05) is 33.5 Å². The van der Waals surface area contributed by atoms with Gasteiger partial charge in [-0.3, -0.25) is 5.43 Å². The normalized spacial score (nSPS) is 15.4. The minimum absolute atomic E-state index is 0.174. The van der Waals surface area contributed by atoms with E-state index < -0.39 is 24.3 Å². The van der Waals surface area contributed by atoms with Crippen molar-refractivity contribution in [1.29, 1.82) is 0 Å². The van der Waals surface area contributed by atoms with Crippen molar-refractivity contribution in [3.63, 3.8) is 0 Å². The molecule has 3 rings (SSSR count). The zero-order chi connectivity index (χ0) is 30.6. The Morgan fingerprint density at radius 1 is 1.14 bits per heavy atom.